The van der Waals surface area contributed by atoms with E-state index in [0.717, 1.165) is 11.1 Å². The molecule has 1 heterocycles. The number of carbonyl (C=O) groups is 1. The number of nitrogens with one attached hydrogen (secondary N) is 1. The maximum atomic E-state index is 11.6. The van der Waals surface area contributed by atoms with E-state index in [-0.39, 0.29) is 16.9 Å². The van der Waals surface area contributed by atoms with Crippen LogP contribution < -0.4 is 5.32 Å². The maximum absolute atomic E-state index is 11.6. The Bertz CT molecular complexity index is 1250. The molecule has 6 nitrogen and oxygen atoms in total. The molecule has 0 saturated heterocycles. The quantitative estimate of drug-likeness (QED) is 0.489. The molecule has 4 rings (SSSR count). The summed E-state index contributed by atoms with van der Waals surface area (Å²) >= 11 is 0. The Morgan fingerprint density at radius 1 is 0.833 bits per heavy atom. The summed E-state index contributed by atoms with van der Waals surface area (Å²) in [6.07, 6.45) is 0. The van der Waals surface area contributed by atoms with E-state index in [1.54, 1.807) is 18.2 Å². The Balaban J connectivity index is 1.93. The molecule has 0 amide bonds. The van der Waals surface area contributed by atoms with Crippen molar-refractivity contribution in [3.63, 3.8) is 0 Å². The van der Waals surface area contributed by atoms with E-state index in [1.165, 1.54) is 6.07 Å². The number of benzene rings is 3. The predicted molar refractivity (Wildman–Crippen MR) is 114 cm³/mol. The Morgan fingerprint density at radius 2 is 1.43 bits per heavy atom. The van der Waals surface area contributed by atoms with Crippen molar-refractivity contribution >= 4 is 17.5 Å². The molecule has 4 aromatic rings. The van der Waals surface area contributed by atoms with Crippen LogP contribution in [0.4, 0.5) is 11.5 Å². The third kappa shape index (κ3) is 3.60. The normalized spacial score (nSPS) is 10.2. The van der Waals surface area contributed by atoms with Crippen molar-refractivity contribution in [2.24, 2.45) is 0 Å². The standard InChI is InChI=1S/C24H16N4O2/c25-15-19-21(16-9-3-1-4-10-16)22(17-11-5-2-6-12-17)27-28-23(19)26-20-14-8-7-13-18(20)24(29)30/h1-14H,(H,26,28)(H,29,30). The summed E-state index contributed by atoms with van der Waals surface area (Å²) in [6, 6.07) is 27.7. The number of aromatic nitrogens is 2. The smallest absolute Gasteiger partial charge is 0.337 e. The zero-order valence-corrected chi connectivity index (χ0v) is 15.8. The second-order valence-corrected chi connectivity index (χ2v) is 6.47. The average molecular weight is 392 g/mol. The Kier molecular flexibility index (Phi) is 5.18. The molecule has 0 aliphatic rings. The van der Waals surface area contributed by atoms with Gasteiger partial charge in [-0.3, -0.25) is 0 Å². The van der Waals surface area contributed by atoms with E-state index in [4.69, 9.17) is 0 Å². The second kappa shape index (κ2) is 8.25. The van der Waals surface area contributed by atoms with Gasteiger partial charge in [0, 0.05) is 11.1 Å². The molecule has 30 heavy (non-hydrogen) atoms. The number of carboxylic acids is 1. The van der Waals surface area contributed by atoms with Gasteiger partial charge in [0.05, 0.1) is 11.3 Å². The van der Waals surface area contributed by atoms with E-state index >= 15 is 0 Å². The molecule has 0 fully saturated rings. The van der Waals surface area contributed by atoms with Crippen molar-refractivity contribution in [1.29, 1.82) is 5.26 Å². The zero-order valence-electron chi connectivity index (χ0n) is 15.8. The van der Waals surface area contributed by atoms with Gasteiger partial charge in [-0.1, -0.05) is 72.8 Å². The van der Waals surface area contributed by atoms with Crippen LogP contribution >= 0.6 is 0 Å². The van der Waals surface area contributed by atoms with Gasteiger partial charge in [-0.2, -0.15) is 5.26 Å². The first kappa shape index (κ1) is 18.8. The molecule has 0 aliphatic carbocycles. The van der Waals surface area contributed by atoms with E-state index in [2.05, 4.69) is 21.6 Å². The molecule has 0 unspecified atom stereocenters. The minimum atomic E-state index is -1.08. The topological polar surface area (TPSA) is 98.9 Å². The highest BCUT2D eigenvalue weighted by Gasteiger charge is 2.20. The summed E-state index contributed by atoms with van der Waals surface area (Å²) < 4.78 is 0. The lowest BCUT2D eigenvalue weighted by Gasteiger charge is -2.15. The largest absolute Gasteiger partial charge is 0.478 e. The van der Waals surface area contributed by atoms with Crippen LogP contribution in [0.25, 0.3) is 22.4 Å². The van der Waals surface area contributed by atoms with Gasteiger partial charge in [-0.05, 0) is 17.7 Å². The molecule has 0 atom stereocenters. The number of hydrogen-bond acceptors (Lipinski definition) is 5. The Morgan fingerprint density at radius 3 is 2.07 bits per heavy atom. The summed E-state index contributed by atoms with van der Waals surface area (Å²) in [7, 11) is 0. The van der Waals surface area contributed by atoms with Gasteiger partial charge in [0.15, 0.2) is 5.82 Å². The van der Waals surface area contributed by atoms with Crippen molar-refractivity contribution in [2.75, 3.05) is 5.32 Å². The highest BCUT2D eigenvalue weighted by atomic mass is 16.4. The lowest BCUT2D eigenvalue weighted by Crippen LogP contribution is -2.07. The van der Waals surface area contributed by atoms with Gasteiger partial charge in [0.1, 0.15) is 17.3 Å². The number of para-hydroxylation sites is 1. The van der Waals surface area contributed by atoms with Crippen molar-refractivity contribution < 1.29 is 9.90 Å². The highest BCUT2D eigenvalue weighted by molar-refractivity contribution is 5.96. The molecule has 2 N–H and O–H groups in total. The Labute approximate surface area is 173 Å². The number of nitriles is 1. The number of nitrogens with zero attached hydrogens (tertiary/aromatic N) is 3. The number of anilines is 2. The van der Waals surface area contributed by atoms with Crippen LogP contribution in [0.3, 0.4) is 0 Å². The first-order chi connectivity index (χ1) is 14.7. The molecule has 0 saturated carbocycles. The molecule has 0 aliphatic heterocycles. The molecule has 144 valence electrons. The van der Waals surface area contributed by atoms with E-state index < -0.39 is 5.97 Å². The molecule has 0 spiro atoms. The third-order valence-electron chi connectivity index (χ3n) is 4.61. The van der Waals surface area contributed by atoms with Crippen LogP contribution in [-0.4, -0.2) is 21.3 Å². The van der Waals surface area contributed by atoms with Crippen LogP contribution in [0.5, 0.6) is 0 Å². The van der Waals surface area contributed by atoms with Crippen molar-refractivity contribution in [1.82, 2.24) is 10.2 Å². The minimum Gasteiger partial charge on any atom is -0.478 e. The van der Waals surface area contributed by atoms with Crippen molar-refractivity contribution in [3.8, 4) is 28.5 Å². The predicted octanol–water partition coefficient (Wildman–Crippen LogP) is 5.12. The SMILES string of the molecule is N#Cc1c(Nc2ccccc2C(=O)O)nnc(-c2ccccc2)c1-c1ccccc1. The first-order valence-corrected chi connectivity index (χ1v) is 9.20. The molecule has 3 aromatic carbocycles. The summed E-state index contributed by atoms with van der Waals surface area (Å²) in [6.45, 7) is 0. The zero-order chi connectivity index (χ0) is 20.9. The van der Waals surface area contributed by atoms with Gasteiger partial charge in [0.2, 0.25) is 0 Å². The number of rotatable bonds is 5. The number of aromatic carboxylic acids is 1. The van der Waals surface area contributed by atoms with Gasteiger partial charge in [-0.15, -0.1) is 10.2 Å². The van der Waals surface area contributed by atoms with Crippen LogP contribution in [0, 0.1) is 11.3 Å². The van der Waals surface area contributed by atoms with Crippen molar-refractivity contribution in [2.45, 2.75) is 0 Å². The minimum absolute atomic E-state index is 0.0802. The average Bonchev–Trinajstić information content (AvgIpc) is 2.80. The summed E-state index contributed by atoms with van der Waals surface area (Å²) in [4.78, 5) is 11.6. The van der Waals surface area contributed by atoms with Crippen molar-refractivity contribution in [3.05, 3.63) is 96.1 Å². The summed E-state index contributed by atoms with van der Waals surface area (Å²) in [5.41, 5.74) is 3.56. The van der Waals surface area contributed by atoms with E-state index in [1.807, 2.05) is 60.7 Å². The van der Waals surface area contributed by atoms with Gasteiger partial charge < -0.3 is 10.4 Å². The van der Waals surface area contributed by atoms with Gasteiger partial charge in [0.25, 0.3) is 0 Å². The first-order valence-electron chi connectivity index (χ1n) is 9.20. The molecule has 1 aromatic heterocycles. The second-order valence-electron chi connectivity index (χ2n) is 6.47. The highest BCUT2D eigenvalue weighted by Crippen LogP contribution is 2.36. The van der Waals surface area contributed by atoms with E-state index in [0.29, 0.717) is 16.9 Å². The van der Waals surface area contributed by atoms with Gasteiger partial charge in [-0.25, -0.2) is 4.79 Å². The number of carboxylic acid groups (broad SMARTS) is 1. The fourth-order valence-corrected chi connectivity index (χ4v) is 3.22. The number of hydrogen-bond donors (Lipinski definition) is 2. The van der Waals surface area contributed by atoms with Crippen LogP contribution in [-0.2, 0) is 0 Å². The Hall–Kier alpha value is -4.50. The maximum Gasteiger partial charge on any atom is 0.337 e. The van der Waals surface area contributed by atoms with Crippen LogP contribution in [0.15, 0.2) is 84.9 Å². The molecule has 0 bridgehead atoms. The van der Waals surface area contributed by atoms with Crippen LogP contribution in [0.1, 0.15) is 15.9 Å². The molecule has 0 radical (unpaired) electrons. The van der Waals surface area contributed by atoms with Crippen LogP contribution in [0.2, 0.25) is 0 Å². The molecule has 6 heteroatoms. The van der Waals surface area contributed by atoms with E-state index in [9.17, 15) is 15.2 Å². The third-order valence-corrected chi connectivity index (χ3v) is 4.61. The summed E-state index contributed by atoms with van der Waals surface area (Å²) in [5.74, 6) is -0.876. The fourth-order valence-electron chi connectivity index (χ4n) is 3.22. The fraction of sp³-hybridized carbons (Fsp3) is 0. The lowest BCUT2D eigenvalue weighted by atomic mass is 9.95. The van der Waals surface area contributed by atoms with Gasteiger partial charge >= 0.3 is 5.97 Å². The molecular weight excluding hydrogens is 376 g/mol. The molecular formula is C24H16N4O2. The summed E-state index contributed by atoms with van der Waals surface area (Å²) in [5, 5.41) is 31.1. The monoisotopic (exact) mass is 392 g/mol. The lowest BCUT2D eigenvalue weighted by molar-refractivity contribution is 0.0698.